The van der Waals surface area contributed by atoms with Gasteiger partial charge in [0, 0.05) is 7.05 Å². The first-order valence-electron chi connectivity index (χ1n) is 6.88. The molecule has 2 aromatic carbocycles. The topological polar surface area (TPSA) is 38.0 Å². The molecule has 0 aliphatic heterocycles. The van der Waals surface area contributed by atoms with Gasteiger partial charge >= 0.3 is 0 Å². The van der Waals surface area contributed by atoms with Crippen molar-refractivity contribution in [3.8, 4) is 0 Å². The van der Waals surface area contributed by atoms with Crippen molar-refractivity contribution in [2.24, 2.45) is 7.05 Å². The van der Waals surface area contributed by atoms with E-state index < -0.39 is 6.10 Å². The molecule has 20 heavy (non-hydrogen) atoms. The molecule has 0 radical (unpaired) electrons. The molecular formula is C17H18N2O. The van der Waals surface area contributed by atoms with Crippen molar-refractivity contribution in [2.45, 2.75) is 19.4 Å². The third kappa shape index (κ3) is 2.21. The normalized spacial score (nSPS) is 12.8. The molecule has 3 rings (SSSR count). The van der Waals surface area contributed by atoms with Crippen molar-refractivity contribution in [3.05, 3.63) is 65.5 Å². The number of hydrogen-bond donors (Lipinski definition) is 1. The minimum Gasteiger partial charge on any atom is -0.382 e. The van der Waals surface area contributed by atoms with Crippen LogP contribution in [0.3, 0.4) is 0 Å². The van der Waals surface area contributed by atoms with Crippen LogP contribution in [-0.2, 0) is 13.5 Å². The highest BCUT2D eigenvalue weighted by atomic mass is 16.3. The maximum absolute atomic E-state index is 10.6. The number of aromatic nitrogens is 2. The Morgan fingerprint density at radius 1 is 1.10 bits per heavy atom. The van der Waals surface area contributed by atoms with Gasteiger partial charge in [-0.2, -0.15) is 5.10 Å². The van der Waals surface area contributed by atoms with Crippen molar-refractivity contribution < 1.29 is 5.11 Å². The summed E-state index contributed by atoms with van der Waals surface area (Å²) >= 11 is 0. The van der Waals surface area contributed by atoms with Gasteiger partial charge in [-0.05, 0) is 34.9 Å². The Morgan fingerprint density at radius 2 is 1.85 bits per heavy atom. The van der Waals surface area contributed by atoms with Crippen molar-refractivity contribution >= 4 is 10.8 Å². The van der Waals surface area contributed by atoms with Gasteiger partial charge in [0.05, 0.1) is 11.4 Å². The summed E-state index contributed by atoms with van der Waals surface area (Å²) < 4.78 is 1.76. The van der Waals surface area contributed by atoms with E-state index in [-0.39, 0.29) is 0 Å². The van der Waals surface area contributed by atoms with Crippen LogP contribution in [0.25, 0.3) is 10.8 Å². The van der Waals surface area contributed by atoms with E-state index in [0.717, 1.165) is 28.8 Å². The Labute approximate surface area is 118 Å². The molecule has 0 aliphatic rings. The molecule has 0 bridgehead atoms. The highest BCUT2D eigenvalue weighted by molar-refractivity contribution is 5.83. The van der Waals surface area contributed by atoms with E-state index in [1.165, 1.54) is 5.39 Å². The maximum atomic E-state index is 10.6. The Morgan fingerprint density at radius 3 is 2.55 bits per heavy atom. The number of hydrogen-bond acceptors (Lipinski definition) is 2. The molecule has 1 unspecified atom stereocenters. The fraction of sp³-hybridized carbons (Fsp3) is 0.235. The molecule has 1 heterocycles. The zero-order valence-electron chi connectivity index (χ0n) is 11.7. The molecule has 0 saturated heterocycles. The molecule has 1 N–H and O–H groups in total. The van der Waals surface area contributed by atoms with Gasteiger partial charge in [0.15, 0.2) is 0 Å². The van der Waals surface area contributed by atoms with Crippen LogP contribution in [0.1, 0.15) is 30.0 Å². The molecule has 1 aromatic heterocycles. The van der Waals surface area contributed by atoms with E-state index in [9.17, 15) is 5.11 Å². The zero-order chi connectivity index (χ0) is 14.1. The summed E-state index contributed by atoms with van der Waals surface area (Å²) in [7, 11) is 1.87. The minimum atomic E-state index is -0.641. The van der Waals surface area contributed by atoms with Gasteiger partial charge in [-0.1, -0.05) is 43.3 Å². The van der Waals surface area contributed by atoms with Crippen molar-refractivity contribution in [1.82, 2.24) is 9.78 Å². The Kier molecular flexibility index (Phi) is 3.28. The number of fused-ring (bicyclic) bond motifs is 1. The molecule has 0 spiro atoms. The quantitative estimate of drug-likeness (QED) is 0.790. The van der Waals surface area contributed by atoms with E-state index >= 15 is 0 Å². The smallest absolute Gasteiger partial charge is 0.121 e. The minimum absolute atomic E-state index is 0.641. The highest BCUT2D eigenvalue weighted by Gasteiger charge is 2.16. The van der Waals surface area contributed by atoms with Gasteiger partial charge in [0.2, 0.25) is 0 Å². The summed E-state index contributed by atoms with van der Waals surface area (Å²) in [6, 6.07) is 16.2. The Bertz CT molecular complexity index is 746. The lowest BCUT2D eigenvalue weighted by atomic mass is 10.0. The van der Waals surface area contributed by atoms with Crippen LogP contribution in [0.15, 0.2) is 48.5 Å². The van der Waals surface area contributed by atoms with Crippen molar-refractivity contribution in [1.29, 1.82) is 0 Å². The highest BCUT2D eigenvalue weighted by Crippen LogP contribution is 2.25. The standard InChI is InChI=1S/C17H18N2O/c1-3-15-11-16(19(2)18-15)17(20)14-9-8-12-6-4-5-7-13(12)10-14/h4-11,17,20H,3H2,1-2H3. The molecule has 0 amide bonds. The molecule has 3 heteroatoms. The van der Waals surface area contributed by atoms with Crippen LogP contribution in [0.4, 0.5) is 0 Å². The van der Waals surface area contributed by atoms with Crippen LogP contribution >= 0.6 is 0 Å². The predicted molar refractivity (Wildman–Crippen MR) is 80.6 cm³/mol. The largest absolute Gasteiger partial charge is 0.382 e. The van der Waals surface area contributed by atoms with Gasteiger partial charge in [-0.25, -0.2) is 0 Å². The second kappa shape index (κ2) is 5.10. The number of aliphatic hydroxyl groups is 1. The monoisotopic (exact) mass is 266 g/mol. The van der Waals surface area contributed by atoms with Gasteiger partial charge in [-0.15, -0.1) is 0 Å². The summed E-state index contributed by atoms with van der Waals surface area (Å²) in [6.45, 7) is 2.06. The molecule has 102 valence electrons. The van der Waals surface area contributed by atoms with Crippen LogP contribution < -0.4 is 0 Å². The summed E-state index contributed by atoms with van der Waals surface area (Å²) in [5.41, 5.74) is 2.73. The Hall–Kier alpha value is -2.13. The predicted octanol–water partition coefficient (Wildman–Crippen LogP) is 3.22. The second-order valence-electron chi connectivity index (χ2n) is 5.05. The molecule has 1 atom stereocenters. The molecule has 0 saturated carbocycles. The van der Waals surface area contributed by atoms with Crippen LogP contribution in [0, 0.1) is 0 Å². The van der Waals surface area contributed by atoms with Crippen LogP contribution in [0.5, 0.6) is 0 Å². The molecule has 0 aliphatic carbocycles. The van der Waals surface area contributed by atoms with Gasteiger partial charge in [0.1, 0.15) is 6.10 Å². The lowest BCUT2D eigenvalue weighted by molar-refractivity contribution is 0.210. The average molecular weight is 266 g/mol. The number of aliphatic hydroxyl groups excluding tert-OH is 1. The number of rotatable bonds is 3. The zero-order valence-corrected chi connectivity index (χ0v) is 11.7. The van der Waals surface area contributed by atoms with E-state index in [4.69, 9.17) is 0 Å². The van der Waals surface area contributed by atoms with E-state index in [1.54, 1.807) is 4.68 Å². The SMILES string of the molecule is CCc1cc(C(O)c2ccc3ccccc3c2)n(C)n1. The fourth-order valence-corrected chi connectivity index (χ4v) is 2.52. The lowest BCUT2D eigenvalue weighted by Gasteiger charge is -2.12. The van der Waals surface area contributed by atoms with Crippen molar-refractivity contribution in [3.63, 3.8) is 0 Å². The van der Waals surface area contributed by atoms with Gasteiger partial charge in [0.25, 0.3) is 0 Å². The van der Waals surface area contributed by atoms with Crippen LogP contribution in [0.2, 0.25) is 0 Å². The van der Waals surface area contributed by atoms with Crippen molar-refractivity contribution in [2.75, 3.05) is 0 Å². The average Bonchev–Trinajstić information content (AvgIpc) is 2.87. The summed E-state index contributed by atoms with van der Waals surface area (Å²) in [4.78, 5) is 0. The third-order valence-corrected chi connectivity index (χ3v) is 3.70. The molecule has 3 nitrogen and oxygen atoms in total. The first-order chi connectivity index (χ1) is 9.69. The fourth-order valence-electron chi connectivity index (χ4n) is 2.52. The number of nitrogens with zero attached hydrogens (tertiary/aromatic N) is 2. The summed E-state index contributed by atoms with van der Waals surface area (Å²) in [5.74, 6) is 0. The summed E-state index contributed by atoms with van der Waals surface area (Å²) in [6.07, 6.45) is 0.232. The first-order valence-corrected chi connectivity index (χ1v) is 6.88. The summed E-state index contributed by atoms with van der Waals surface area (Å²) in [5, 5.41) is 17.3. The van der Waals surface area contributed by atoms with E-state index in [0.29, 0.717) is 0 Å². The van der Waals surface area contributed by atoms with Crippen LogP contribution in [-0.4, -0.2) is 14.9 Å². The molecule has 0 fully saturated rings. The van der Waals surface area contributed by atoms with E-state index in [1.807, 2.05) is 43.4 Å². The third-order valence-electron chi connectivity index (χ3n) is 3.70. The van der Waals surface area contributed by atoms with Gasteiger partial charge in [-0.3, -0.25) is 4.68 Å². The number of benzene rings is 2. The molecule has 3 aromatic rings. The second-order valence-corrected chi connectivity index (χ2v) is 5.05. The van der Waals surface area contributed by atoms with E-state index in [2.05, 4.69) is 24.2 Å². The number of aryl methyl sites for hydroxylation is 2. The first kappa shape index (κ1) is 12.9. The van der Waals surface area contributed by atoms with Gasteiger partial charge < -0.3 is 5.11 Å². The Balaban J connectivity index is 2.02. The molecular weight excluding hydrogens is 248 g/mol. The lowest BCUT2D eigenvalue weighted by Crippen LogP contribution is -2.06. The maximum Gasteiger partial charge on any atom is 0.121 e.